The van der Waals surface area contributed by atoms with Crippen molar-refractivity contribution in [1.82, 2.24) is 15.4 Å². The first kappa shape index (κ1) is 14.9. The topological polar surface area (TPSA) is 87.2 Å². The molecule has 6 nitrogen and oxygen atoms in total. The van der Waals surface area contributed by atoms with Gasteiger partial charge >= 0.3 is 5.91 Å². The molecular weight excluding hydrogens is 316 g/mol. The van der Waals surface area contributed by atoms with Gasteiger partial charge in [0.25, 0.3) is 5.56 Å². The summed E-state index contributed by atoms with van der Waals surface area (Å²) in [7, 11) is 0. The summed E-state index contributed by atoms with van der Waals surface area (Å²) in [5, 5.41) is 4.75. The van der Waals surface area contributed by atoms with Crippen molar-refractivity contribution in [3.8, 4) is 0 Å². The number of hydrogen-bond donors (Lipinski definition) is 2. The first-order valence-corrected chi connectivity index (χ1v) is 7.10. The van der Waals surface area contributed by atoms with Crippen LogP contribution in [0.1, 0.15) is 16.2 Å². The lowest BCUT2D eigenvalue weighted by Gasteiger charge is -2.01. The molecule has 3 rings (SSSR count). The van der Waals surface area contributed by atoms with E-state index in [4.69, 9.17) is 11.6 Å². The molecular formula is C16H11ClN4O2. The highest BCUT2D eigenvalue weighted by molar-refractivity contribution is 6.33. The molecule has 1 aromatic heterocycles. The van der Waals surface area contributed by atoms with Gasteiger partial charge in [0.1, 0.15) is 0 Å². The van der Waals surface area contributed by atoms with Crippen LogP contribution in [-0.2, 0) is 0 Å². The van der Waals surface area contributed by atoms with Crippen LogP contribution in [0.2, 0.25) is 5.02 Å². The fourth-order valence-electron chi connectivity index (χ4n) is 1.99. The molecule has 1 amide bonds. The first-order chi connectivity index (χ1) is 11.1. The van der Waals surface area contributed by atoms with Gasteiger partial charge in [-0.3, -0.25) is 9.59 Å². The Morgan fingerprint density at radius 2 is 1.91 bits per heavy atom. The van der Waals surface area contributed by atoms with E-state index in [0.29, 0.717) is 21.5 Å². The Bertz CT molecular complexity index is 965. The Morgan fingerprint density at radius 1 is 1.17 bits per heavy atom. The van der Waals surface area contributed by atoms with Gasteiger partial charge in [-0.15, -0.1) is 0 Å². The van der Waals surface area contributed by atoms with Crippen molar-refractivity contribution in [3.63, 3.8) is 0 Å². The third-order valence-electron chi connectivity index (χ3n) is 3.10. The summed E-state index contributed by atoms with van der Waals surface area (Å²) in [6.07, 6.45) is 1.42. The molecule has 2 aromatic carbocycles. The minimum atomic E-state index is -0.615. The van der Waals surface area contributed by atoms with Gasteiger partial charge in [0, 0.05) is 10.6 Å². The maximum atomic E-state index is 12.0. The molecule has 114 valence electrons. The summed E-state index contributed by atoms with van der Waals surface area (Å²) < 4.78 is 0. The summed E-state index contributed by atoms with van der Waals surface area (Å²) >= 11 is 5.98. The highest BCUT2D eigenvalue weighted by atomic mass is 35.5. The zero-order chi connectivity index (χ0) is 16.2. The molecule has 7 heteroatoms. The molecule has 0 atom stereocenters. The first-order valence-electron chi connectivity index (χ1n) is 6.72. The molecule has 3 aromatic rings. The van der Waals surface area contributed by atoms with Crippen LogP contribution in [0, 0.1) is 0 Å². The fourth-order valence-corrected chi connectivity index (χ4v) is 2.17. The molecule has 23 heavy (non-hydrogen) atoms. The van der Waals surface area contributed by atoms with Crippen LogP contribution in [0.15, 0.2) is 58.4 Å². The van der Waals surface area contributed by atoms with E-state index in [1.165, 1.54) is 6.21 Å². The molecule has 0 bridgehead atoms. The number of carbonyl (C=O) groups is 1. The largest absolute Gasteiger partial charge is 0.307 e. The lowest BCUT2D eigenvalue weighted by Crippen LogP contribution is -2.24. The summed E-state index contributed by atoms with van der Waals surface area (Å²) in [6, 6.07) is 13.8. The van der Waals surface area contributed by atoms with Crippen molar-refractivity contribution in [2.24, 2.45) is 5.10 Å². The molecule has 0 radical (unpaired) electrons. The summed E-state index contributed by atoms with van der Waals surface area (Å²) in [5.74, 6) is -0.721. The number of aromatic nitrogens is 2. The van der Waals surface area contributed by atoms with Crippen LogP contribution in [-0.4, -0.2) is 22.1 Å². The number of nitrogens with zero attached hydrogens (tertiary/aromatic N) is 2. The number of fused-ring (bicyclic) bond motifs is 1. The monoisotopic (exact) mass is 326 g/mol. The number of H-pyrrole nitrogens is 1. The number of halogens is 1. The van der Waals surface area contributed by atoms with E-state index in [9.17, 15) is 9.59 Å². The third-order valence-corrected chi connectivity index (χ3v) is 3.45. The summed E-state index contributed by atoms with van der Waals surface area (Å²) in [6.45, 7) is 0. The van der Waals surface area contributed by atoms with E-state index in [1.54, 1.807) is 48.5 Å². The zero-order valence-electron chi connectivity index (χ0n) is 11.8. The van der Waals surface area contributed by atoms with E-state index in [2.05, 4.69) is 20.5 Å². The number of hydrazone groups is 1. The lowest BCUT2D eigenvalue weighted by molar-refractivity contribution is 0.0945. The average Bonchev–Trinajstić information content (AvgIpc) is 2.56. The van der Waals surface area contributed by atoms with Gasteiger partial charge in [-0.2, -0.15) is 5.10 Å². The number of amides is 1. The maximum Gasteiger partial charge on any atom is 0.307 e. The number of nitrogens with one attached hydrogen (secondary N) is 2. The Kier molecular flexibility index (Phi) is 4.16. The summed E-state index contributed by atoms with van der Waals surface area (Å²) in [5.41, 5.74) is 3.03. The highest BCUT2D eigenvalue weighted by Crippen LogP contribution is 2.12. The fraction of sp³-hybridized carbons (Fsp3) is 0. The minimum Gasteiger partial charge on any atom is -0.302 e. The maximum absolute atomic E-state index is 12.0. The Hall–Kier alpha value is -2.99. The van der Waals surface area contributed by atoms with Crippen LogP contribution in [0.5, 0.6) is 0 Å². The normalized spacial score (nSPS) is 11.0. The van der Waals surface area contributed by atoms with Crippen LogP contribution < -0.4 is 11.0 Å². The second kappa shape index (κ2) is 6.41. The van der Waals surface area contributed by atoms with Crippen molar-refractivity contribution in [1.29, 1.82) is 0 Å². The van der Waals surface area contributed by atoms with Gasteiger partial charge < -0.3 is 4.98 Å². The van der Waals surface area contributed by atoms with Crippen LogP contribution in [0.25, 0.3) is 10.9 Å². The number of para-hydroxylation sites is 1. The van der Waals surface area contributed by atoms with Crippen molar-refractivity contribution < 1.29 is 4.79 Å². The van der Waals surface area contributed by atoms with Gasteiger partial charge in [-0.1, -0.05) is 41.9 Å². The van der Waals surface area contributed by atoms with E-state index in [-0.39, 0.29) is 11.4 Å². The minimum absolute atomic E-state index is 0.106. The predicted octanol–water partition coefficient (Wildman–Crippen LogP) is 2.34. The van der Waals surface area contributed by atoms with E-state index in [0.717, 1.165) is 0 Å². The number of hydrogen-bond acceptors (Lipinski definition) is 4. The Labute approximate surface area is 135 Å². The van der Waals surface area contributed by atoms with E-state index >= 15 is 0 Å². The Balaban J connectivity index is 1.81. The van der Waals surface area contributed by atoms with Crippen LogP contribution in [0.3, 0.4) is 0 Å². The van der Waals surface area contributed by atoms with Crippen molar-refractivity contribution in [2.45, 2.75) is 0 Å². The molecule has 0 unspecified atom stereocenters. The standard InChI is InChI=1S/C16H11ClN4O2/c17-12-7-3-1-5-10(12)9-18-21-16(23)14-19-13-8-4-2-6-11(13)15(22)20-14/h1-9H,(H,21,23)(H,19,20,22)/b18-9+. The average molecular weight is 327 g/mol. The molecule has 0 saturated carbocycles. The number of benzene rings is 2. The molecule has 1 heterocycles. The molecule has 2 N–H and O–H groups in total. The van der Waals surface area contributed by atoms with E-state index < -0.39 is 5.91 Å². The molecule has 0 spiro atoms. The van der Waals surface area contributed by atoms with Crippen molar-refractivity contribution >= 4 is 34.6 Å². The van der Waals surface area contributed by atoms with Crippen molar-refractivity contribution in [2.75, 3.05) is 0 Å². The zero-order valence-corrected chi connectivity index (χ0v) is 12.5. The highest BCUT2D eigenvalue weighted by Gasteiger charge is 2.10. The second-order valence-corrected chi connectivity index (χ2v) is 5.06. The van der Waals surface area contributed by atoms with Crippen LogP contribution >= 0.6 is 11.6 Å². The van der Waals surface area contributed by atoms with Gasteiger partial charge in [0.15, 0.2) is 0 Å². The van der Waals surface area contributed by atoms with Gasteiger partial charge in [0.05, 0.1) is 17.1 Å². The number of aromatic amines is 1. The van der Waals surface area contributed by atoms with Crippen molar-refractivity contribution in [3.05, 3.63) is 75.3 Å². The van der Waals surface area contributed by atoms with Gasteiger partial charge in [-0.05, 0) is 18.2 Å². The predicted molar refractivity (Wildman–Crippen MR) is 88.9 cm³/mol. The molecule has 0 fully saturated rings. The molecule has 0 saturated heterocycles. The molecule has 0 aliphatic heterocycles. The van der Waals surface area contributed by atoms with Gasteiger partial charge in [0.2, 0.25) is 5.82 Å². The van der Waals surface area contributed by atoms with Crippen LogP contribution in [0.4, 0.5) is 0 Å². The smallest absolute Gasteiger partial charge is 0.302 e. The second-order valence-electron chi connectivity index (χ2n) is 4.65. The molecule has 0 aliphatic rings. The Morgan fingerprint density at radius 3 is 2.74 bits per heavy atom. The molecule has 0 aliphatic carbocycles. The third kappa shape index (κ3) is 3.27. The summed E-state index contributed by atoms with van der Waals surface area (Å²) in [4.78, 5) is 30.5. The van der Waals surface area contributed by atoms with Gasteiger partial charge in [-0.25, -0.2) is 10.4 Å². The number of rotatable bonds is 3. The lowest BCUT2D eigenvalue weighted by atomic mass is 10.2. The quantitative estimate of drug-likeness (QED) is 0.572. The SMILES string of the molecule is O=C(N/N=C/c1ccccc1Cl)c1nc2ccccc2c(=O)[nH]1. The number of carbonyl (C=O) groups excluding carboxylic acids is 1. The van der Waals surface area contributed by atoms with E-state index in [1.807, 2.05) is 0 Å².